The Hall–Kier alpha value is -3.39. The van der Waals surface area contributed by atoms with Crippen LogP contribution in [0.15, 0.2) is 42.5 Å². The highest BCUT2D eigenvalue weighted by atomic mass is 16.5. The fourth-order valence-corrected chi connectivity index (χ4v) is 3.12. The Morgan fingerprint density at radius 3 is 2.70 bits per heavy atom. The molecular formula is C22H25N3O5. The van der Waals surface area contributed by atoms with E-state index in [9.17, 15) is 14.4 Å². The van der Waals surface area contributed by atoms with Crippen LogP contribution in [-0.2, 0) is 14.3 Å². The molecule has 0 radical (unpaired) electrons. The minimum atomic E-state index is -0.454. The quantitative estimate of drug-likeness (QED) is 0.649. The number of anilines is 2. The van der Waals surface area contributed by atoms with Crippen molar-refractivity contribution >= 4 is 29.1 Å². The number of hydrogen-bond donors (Lipinski definition) is 3. The summed E-state index contributed by atoms with van der Waals surface area (Å²) in [5, 5.41) is 8.06. The number of rotatable bonds is 7. The van der Waals surface area contributed by atoms with Crippen molar-refractivity contribution in [3.63, 3.8) is 0 Å². The standard InChI is InChI=1S/C22H25N3O5/c1-14-8-9-18(29-2)17(11-14)25-20(26)13-23-21(27)15-5-3-6-16(12-15)24-22(28)19-7-4-10-30-19/h3,5-6,8-9,11-12,19H,4,7,10,13H2,1-2H3,(H,23,27)(H,24,28)(H,25,26)/t19-/m0/s1. The number of carbonyl (C=O) groups is 3. The molecular weight excluding hydrogens is 386 g/mol. The van der Waals surface area contributed by atoms with E-state index >= 15 is 0 Å². The number of carbonyl (C=O) groups excluding carboxylic acids is 3. The summed E-state index contributed by atoms with van der Waals surface area (Å²) in [6.07, 6.45) is 1.09. The third-order valence-electron chi connectivity index (χ3n) is 4.65. The van der Waals surface area contributed by atoms with E-state index in [1.54, 1.807) is 36.4 Å². The van der Waals surface area contributed by atoms with Gasteiger partial charge in [0.05, 0.1) is 19.3 Å². The third-order valence-corrected chi connectivity index (χ3v) is 4.65. The van der Waals surface area contributed by atoms with Gasteiger partial charge in [0.1, 0.15) is 11.9 Å². The molecule has 1 saturated heterocycles. The zero-order chi connectivity index (χ0) is 21.5. The first-order chi connectivity index (χ1) is 14.5. The molecule has 1 aliphatic rings. The molecule has 1 heterocycles. The van der Waals surface area contributed by atoms with Gasteiger partial charge in [0.2, 0.25) is 5.91 Å². The average Bonchev–Trinajstić information content (AvgIpc) is 3.27. The van der Waals surface area contributed by atoms with Crippen molar-refractivity contribution in [2.45, 2.75) is 25.9 Å². The Labute approximate surface area is 174 Å². The SMILES string of the molecule is COc1ccc(C)cc1NC(=O)CNC(=O)c1cccc(NC(=O)[C@@H]2CCCO2)c1. The topological polar surface area (TPSA) is 106 Å². The molecule has 0 saturated carbocycles. The molecule has 8 nitrogen and oxygen atoms in total. The van der Waals surface area contributed by atoms with Crippen LogP contribution in [0.4, 0.5) is 11.4 Å². The summed E-state index contributed by atoms with van der Waals surface area (Å²) in [5.41, 5.74) is 2.34. The van der Waals surface area contributed by atoms with Gasteiger partial charge in [-0.25, -0.2) is 0 Å². The molecule has 1 atom stereocenters. The molecule has 2 aromatic rings. The van der Waals surface area contributed by atoms with Crippen molar-refractivity contribution in [1.82, 2.24) is 5.32 Å². The van der Waals surface area contributed by atoms with Gasteiger partial charge in [0.25, 0.3) is 11.8 Å². The summed E-state index contributed by atoms with van der Waals surface area (Å²) in [4.78, 5) is 36.8. The lowest BCUT2D eigenvalue weighted by atomic mass is 10.1. The van der Waals surface area contributed by atoms with Crippen molar-refractivity contribution in [3.8, 4) is 5.75 Å². The molecule has 3 amide bonds. The van der Waals surface area contributed by atoms with Gasteiger partial charge in [0, 0.05) is 17.9 Å². The smallest absolute Gasteiger partial charge is 0.253 e. The molecule has 3 N–H and O–H groups in total. The first-order valence-corrected chi connectivity index (χ1v) is 9.71. The normalized spacial score (nSPS) is 15.3. The zero-order valence-electron chi connectivity index (χ0n) is 17.0. The Morgan fingerprint density at radius 1 is 1.13 bits per heavy atom. The van der Waals surface area contributed by atoms with Crippen LogP contribution in [0.25, 0.3) is 0 Å². The lowest BCUT2D eigenvalue weighted by Gasteiger charge is -2.12. The largest absolute Gasteiger partial charge is 0.495 e. The van der Waals surface area contributed by atoms with Gasteiger partial charge >= 0.3 is 0 Å². The van der Waals surface area contributed by atoms with Crippen molar-refractivity contribution in [2.24, 2.45) is 0 Å². The van der Waals surface area contributed by atoms with E-state index in [0.29, 0.717) is 35.7 Å². The number of amides is 3. The second kappa shape index (κ2) is 9.89. The molecule has 0 bridgehead atoms. The molecule has 30 heavy (non-hydrogen) atoms. The van der Waals surface area contributed by atoms with Crippen LogP contribution in [0.2, 0.25) is 0 Å². The third kappa shape index (κ3) is 5.57. The number of nitrogens with one attached hydrogen (secondary N) is 3. The van der Waals surface area contributed by atoms with Gasteiger partial charge in [-0.3, -0.25) is 14.4 Å². The van der Waals surface area contributed by atoms with E-state index in [-0.39, 0.29) is 18.4 Å². The number of methoxy groups -OCH3 is 1. The number of benzene rings is 2. The van der Waals surface area contributed by atoms with E-state index in [4.69, 9.17) is 9.47 Å². The van der Waals surface area contributed by atoms with Crippen molar-refractivity contribution in [1.29, 1.82) is 0 Å². The van der Waals surface area contributed by atoms with E-state index in [0.717, 1.165) is 12.0 Å². The van der Waals surface area contributed by atoms with Gasteiger partial charge in [-0.15, -0.1) is 0 Å². The monoisotopic (exact) mass is 411 g/mol. The van der Waals surface area contributed by atoms with Crippen LogP contribution >= 0.6 is 0 Å². The Bertz CT molecular complexity index is 938. The molecule has 0 unspecified atom stereocenters. The summed E-state index contributed by atoms with van der Waals surface area (Å²) < 4.78 is 10.6. The average molecular weight is 411 g/mol. The highest BCUT2D eigenvalue weighted by Crippen LogP contribution is 2.25. The Kier molecular flexibility index (Phi) is 7.03. The minimum absolute atomic E-state index is 0.206. The summed E-state index contributed by atoms with van der Waals surface area (Å²) in [6.45, 7) is 2.28. The lowest BCUT2D eigenvalue weighted by molar-refractivity contribution is -0.124. The molecule has 1 fully saturated rings. The summed E-state index contributed by atoms with van der Waals surface area (Å²) >= 11 is 0. The van der Waals surface area contributed by atoms with E-state index in [2.05, 4.69) is 16.0 Å². The highest BCUT2D eigenvalue weighted by molar-refractivity contribution is 6.01. The maximum Gasteiger partial charge on any atom is 0.253 e. The first kappa shape index (κ1) is 21.3. The van der Waals surface area contributed by atoms with E-state index in [1.165, 1.54) is 7.11 Å². The first-order valence-electron chi connectivity index (χ1n) is 9.71. The molecule has 2 aromatic carbocycles. The molecule has 3 rings (SSSR count). The molecule has 0 aromatic heterocycles. The summed E-state index contributed by atoms with van der Waals surface area (Å²) in [5.74, 6) is -0.490. The molecule has 158 valence electrons. The maximum absolute atomic E-state index is 12.4. The van der Waals surface area contributed by atoms with Crippen molar-refractivity contribution < 1.29 is 23.9 Å². The Balaban J connectivity index is 1.55. The summed E-state index contributed by atoms with van der Waals surface area (Å²) in [6, 6.07) is 12.0. The van der Waals surface area contributed by atoms with E-state index in [1.807, 2.05) is 13.0 Å². The fourth-order valence-electron chi connectivity index (χ4n) is 3.12. The lowest BCUT2D eigenvalue weighted by Crippen LogP contribution is -2.33. The minimum Gasteiger partial charge on any atom is -0.495 e. The number of ether oxygens (including phenoxy) is 2. The van der Waals surface area contributed by atoms with Gasteiger partial charge in [-0.05, 0) is 55.7 Å². The second-order valence-corrected chi connectivity index (χ2v) is 7.01. The van der Waals surface area contributed by atoms with Crippen LogP contribution < -0.4 is 20.7 Å². The van der Waals surface area contributed by atoms with Crippen molar-refractivity contribution in [2.75, 3.05) is 30.9 Å². The van der Waals surface area contributed by atoms with Crippen LogP contribution in [0.3, 0.4) is 0 Å². The molecule has 0 aliphatic carbocycles. The highest BCUT2D eigenvalue weighted by Gasteiger charge is 2.23. The van der Waals surface area contributed by atoms with Crippen LogP contribution in [0.1, 0.15) is 28.8 Å². The van der Waals surface area contributed by atoms with Crippen LogP contribution in [-0.4, -0.2) is 44.1 Å². The van der Waals surface area contributed by atoms with Gasteiger partial charge in [0.15, 0.2) is 0 Å². The molecule has 1 aliphatic heterocycles. The van der Waals surface area contributed by atoms with Crippen LogP contribution in [0, 0.1) is 6.92 Å². The number of hydrogen-bond acceptors (Lipinski definition) is 5. The predicted molar refractivity (Wildman–Crippen MR) is 113 cm³/mol. The van der Waals surface area contributed by atoms with Gasteiger partial charge in [-0.2, -0.15) is 0 Å². The van der Waals surface area contributed by atoms with Gasteiger partial charge in [-0.1, -0.05) is 12.1 Å². The number of aryl methyl sites for hydroxylation is 1. The van der Waals surface area contributed by atoms with E-state index < -0.39 is 12.0 Å². The van der Waals surface area contributed by atoms with Gasteiger partial charge < -0.3 is 25.4 Å². The fraction of sp³-hybridized carbons (Fsp3) is 0.318. The Morgan fingerprint density at radius 2 is 1.97 bits per heavy atom. The molecule has 8 heteroatoms. The second-order valence-electron chi connectivity index (χ2n) is 7.01. The summed E-state index contributed by atoms with van der Waals surface area (Å²) in [7, 11) is 1.52. The van der Waals surface area contributed by atoms with Crippen molar-refractivity contribution in [3.05, 3.63) is 53.6 Å². The zero-order valence-corrected chi connectivity index (χ0v) is 17.0. The molecule has 0 spiro atoms. The predicted octanol–water partition coefficient (Wildman–Crippen LogP) is 2.49. The maximum atomic E-state index is 12.4. The van der Waals surface area contributed by atoms with Crippen LogP contribution in [0.5, 0.6) is 5.75 Å².